The summed E-state index contributed by atoms with van der Waals surface area (Å²) in [5.74, 6) is 0.0459. The summed E-state index contributed by atoms with van der Waals surface area (Å²) in [6, 6.07) is 6.39. The number of carbonyl (C=O) groups is 2. The van der Waals surface area contributed by atoms with E-state index in [1.807, 2.05) is 38.1 Å². The third kappa shape index (κ3) is 6.04. The number of nitrogens with one attached hydrogen (secondary N) is 3. The zero-order valence-corrected chi connectivity index (χ0v) is 22.9. The van der Waals surface area contributed by atoms with Crippen LogP contribution in [0.4, 0.5) is 0 Å². The van der Waals surface area contributed by atoms with Crippen LogP contribution >= 0.6 is 0 Å². The van der Waals surface area contributed by atoms with Gasteiger partial charge in [-0.3, -0.25) is 9.59 Å². The quantitative estimate of drug-likeness (QED) is 0.255. The van der Waals surface area contributed by atoms with Gasteiger partial charge in [0.25, 0.3) is 5.91 Å². The van der Waals surface area contributed by atoms with E-state index in [-0.39, 0.29) is 24.2 Å². The fourth-order valence-corrected chi connectivity index (χ4v) is 6.37. The molecule has 9 nitrogen and oxygen atoms in total. The number of fused-ring (bicyclic) bond motifs is 3. The standard InChI is InChI=1S/C30H41N5O4/c1-18(2)12-26(36)28(37)24(13-19-8-4-3-5-9-19)34-29(38)25(14-20-15-31-17-32-20)35-16-22-21-10-6-7-11-23(21)33-27(22)30(35)39/h6-7,10-11,15,17-19,24-26,28,33,36-37H,3-5,8-9,12-14,16H2,1-2H3,(H,31,32)(H,34,38)/t24-,25-,26-,28+/m0/s1. The average Bonchev–Trinajstić information content (AvgIpc) is 3.64. The minimum atomic E-state index is -1.09. The Hall–Kier alpha value is -3.17. The molecule has 2 aromatic heterocycles. The number of aliphatic hydroxyl groups is 2. The number of para-hydroxylation sites is 1. The minimum Gasteiger partial charge on any atom is -0.390 e. The number of rotatable bonds is 11. The van der Waals surface area contributed by atoms with Crippen molar-refractivity contribution in [2.24, 2.45) is 11.8 Å². The summed E-state index contributed by atoms with van der Waals surface area (Å²) >= 11 is 0. The summed E-state index contributed by atoms with van der Waals surface area (Å²) < 4.78 is 0. The number of H-pyrrole nitrogens is 2. The number of aromatic amines is 2. The number of nitrogens with zero attached hydrogens (tertiary/aromatic N) is 2. The van der Waals surface area contributed by atoms with Crippen LogP contribution in [0.25, 0.3) is 10.9 Å². The average molecular weight is 536 g/mol. The maximum absolute atomic E-state index is 14.0. The molecule has 3 aromatic rings. The zero-order chi connectivity index (χ0) is 27.5. The lowest BCUT2D eigenvalue weighted by Crippen LogP contribution is -2.56. The molecule has 1 saturated carbocycles. The fraction of sp³-hybridized carbons (Fsp3) is 0.567. The highest BCUT2D eigenvalue weighted by atomic mass is 16.3. The second-order valence-electron chi connectivity index (χ2n) is 11.8. The van der Waals surface area contributed by atoms with E-state index in [4.69, 9.17) is 0 Å². The number of aliphatic hydroxyl groups excluding tert-OH is 2. The lowest BCUT2D eigenvalue weighted by Gasteiger charge is -2.35. The van der Waals surface area contributed by atoms with Crippen LogP contribution in [0.2, 0.25) is 0 Å². The predicted molar refractivity (Wildman–Crippen MR) is 149 cm³/mol. The van der Waals surface area contributed by atoms with Crippen LogP contribution in [0, 0.1) is 11.8 Å². The molecule has 0 unspecified atom stereocenters. The van der Waals surface area contributed by atoms with Crippen LogP contribution in [0.5, 0.6) is 0 Å². The molecule has 0 saturated heterocycles. The highest BCUT2D eigenvalue weighted by Crippen LogP contribution is 2.33. The van der Waals surface area contributed by atoms with Crippen LogP contribution in [0.15, 0.2) is 36.8 Å². The van der Waals surface area contributed by atoms with E-state index in [2.05, 4.69) is 20.3 Å². The molecule has 1 aromatic carbocycles. The van der Waals surface area contributed by atoms with Crippen molar-refractivity contribution < 1.29 is 19.8 Å². The first-order valence-electron chi connectivity index (χ1n) is 14.4. The Labute approximate surface area is 229 Å². The van der Waals surface area contributed by atoms with Gasteiger partial charge in [-0.25, -0.2) is 4.98 Å². The van der Waals surface area contributed by atoms with Crippen molar-refractivity contribution in [1.82, 2.24) is 25.2 Å². The molecule has 3 heterocycles. The van der Waals surface area contributed by atoms with Crippen LogP contribution < -0.4 is 5.32 Å². The monoisotopic (exact) mass is 535 g/mol. The van der Waals surface area contributed by atoms with Gasteiger partial charge in [0.05, 0.1) is 18.5 Å². The van der Waals surface area contributed by atoms with Crippen molar-refractivity contribution in [1.29, 1.82) is 0 Å². The third-order valence-corrected chi connectivity index (χ3v) is 8.42. The summed E-state index contributed by atoms with van der Waals surface area (Å²) in [6.07, 6.45) is 8.14. The van der Waals surface area contributed by atoms with Gasteiger partial charge in [0.15, 0.2) is 0 Å². The topological polar surface area (TPSA) is 134 Å². The number of aromatic nitrogens is 3. The van der Waals surface area contributed by atoms with Gasteiger partial charge in [-0.2, -0.15) is 0 Å². The Morgan fingerprint density at radius 3 is 2.67 bits per heavy atom. The molecule has 5 N–H and O–H groups in total. The Morgan fingerprint density at radius 1 is 1.18 bits per heavy atom. The second kappa shape index (κ2) is 11.9. The minimum absolute atomic E-state index is 0.208. The highest BCUT2D eigenvalue weighted by Gasteiger charge is 2.40. The summed E-state index contributed by atoms with van der Waals surface area (Å²) in [7, 11) is 0. The van der Waals surface area contributed by atoms with Crippen molar-refractivity contribution in [2.45, 2.75) is 96.1 Å². The number of carbonyl (C=O) groups excluding carboxylic acids is 2. The zero-order valence-electron chi connectivity index (χ0n) is 22.9. The van der Waals surface area contributed by atoms with E-state index in [1.54, 1.807) is 17.4 Å². The Balaban J connectivity index is 1.39. The lowest BCUT2D eigenvalue weighted by molar-refractivity contribution is -0.128. The van der Waals surface area contributed by atoms with E-state index in [0.717, 1.165) is 47.8 Å². The van der Waals surface area contributed by atoms with Crippen LogP contribution in [0.3, 0.4) is 0 Å². The lowest BCUT2D eigenvalue weighted by atomic mass is 9.82. The molecule has 2 amide bonds. The van der Waals surface area contributed by atoms with E-state index >= 15 is 0 Å². The van der Waals surface area contributed by atoms with Crippen LogP contribution in [0.1, 0.15) is 80.5 Å². The molecule has 9 heteroatoms. The van der Waals surface area contributed by atoms with E-state index in [0.29, 0.717) is 31.0 Å². The molecule has 4 atom stereocenters. The van der Waals surface area contributed by atoms with Gasteiger partial charge in [0.1, 0.15) is 17.8 Å². The first-order valence-corrected chi connectivity index (χ1v) is 14.4. The second-order valence-corrected chi connectivity index (χ2v) is 11.8. The molecule has 0 spiro atoms. The van der Waals surface area contributed by atoms with Crippen molar-refractivity contribution in [3.05, 3.63) is 53.7 Å². The molecule has 0 bridgehead atoms. The number of hydrogen-bond acceptors (Lipinski definition) is 5. The van der Waals surface area contributed by atoms with Gasteiger partial charge >= 0.3 is 0 Å². The molecule has 2 aliphatic rings. The Kier molecular flexibility index (Phi) is 8.37. The van der Waals surface area contributed by atoms with Crippen LogP contribution in [-0.2, 0) is 17.8 Å². The molecule has 5 rings (SSSR count). The third-order valence-electron chi connectivity index (χ3n) is 8.42. The number of benzene rings is 1. The smallest absolute Gasteiger partial charge is 0.271 e. The maximum Gasteiger partial charge on any atom is 0.271 e. The SMILES string of the molecule is CC(C)C[C@H](O)[C@H](O)[C@H](CC1CCCCC1)NC(=O)[C@H](Cc1cnc[nH]1)N1Cc2c([nH]c3ccccc23)C1=O. The van der Waals surface area contributed by atoms with E-state index < -0.39 is 24.3 Å². The van der Waals surface area contributed by atoms with E-state index in [1.165, 1.54) is 6.42 Å². The molecule has 1 aliphatic carbocycles. The molecule has 1 fully saturated rings. The van der Waals surface area contributed by atoms with Crippen molar-refractivity contribution in [3.63, 3.8) is 0 Å². The van der Waals surface area contributed by atoms with Crippen molar-refractivity contribution >= 4 is 22.7 Å². The van der Waals surface area contributed by atoms with Crippen molar-refractivity contribution in [3.8, 4) is 0 Å². The molecule has 210 valence electrons. The number of amides is 2. The Bertz CT molecular complexity index is 1260. The summed E-state index contributed by atoms with van der Waals surface area (Å²) in [5, 5.41) is 26.1. The van der Waals surface area contributed by atoms with Gasteiger partial charge in [0.2, 0.25) is 5.91 Å². The summed E-state index contributed by atoms with van der Waals surface area (Å²) in [6.45, 7) is 4.32. The summed E-state index contributed by atoms with van der Waals surface area (Å²) in [5.41, 5.74) is 3.06. The maximum atomic E-state index is 14.0. The number of hydrogen-bond donors (Lipinski definition) is 5. The van der Waals surface area contributed by atoms with Gasteiger partial charge in [-0.05, 0) is 30.7 Å². The molecule has 0 radical (unpaired) electrons. The molecular weight excluding hydrogens is 494 g/mol. The summed E-state index contributed by atoms with van der Waals surface area (Å²) in [4.78, 5) is 39.6. The molecule has 39 heavy (non-hydrogen) atoms. The van der Waals surface area contributed by atoms with Gasteiger partial charge < -0.3 is 30.4 Å². The molecular formula is C30H41N5O4. The van der Waals surface area contributed by atoms with Crippen molar-refractivity contribution in [2.75, 3.05) is 0 Å². The van der Waals surface area contributed by atoms with Crippen LogP contribution in [-0.4, -0.2) is 66.2 Å². The highest BCUT2D eigenvalue weighted by molar-refractivity contribution is 6.05. The normalized spacial score (nSPS) is 19.3. The Morgan fingerprint density at radius 2 is 1.95 bits per heavy atom. The van der Waals surface area contributed by atoms with Gasteiger partial charge in [0, 0.05) is 41.3 Å². The van der Waals surface area contributed by atoms with Gasteiger partial charge in [-0.1, -0.05) is 64.2 Å². The number of imidazole rings is 1. The first-order chi connectivity index (χ1) is 18.8. The fourth-order valence-electron chi connectivity index (χ4n) is 6.37. The van der Waals surface area contributed by atoms with E-state index in [9.17, 15) is 19.8 Å². The van der Waals surface area contributed by atoms with Gasteiger partial charge in [-0.15, -0.1) is 0 Å². The predicted octanol–water partition coefficient (Wildman–Crippen LogP) is 3.68. The largest absolute Gasteiger partial charge is 0.390 e. The molecule has 1 aliphatic heterocycles. The first kappa shape index (κ1) is 27.4.